The highest BCUT2D eigenvalue weighted by Crippen LogP contribution is 2.37. The van der Waals surface area contributed by atoms with E-state index in [1.54, 1.807) is 18.3 Å². The lowest BCUT2D eigenvalue weighted by Crippen LogP contribution is -2.22. The number of aryl methyl sites for hydroxylation is 1. The Hall–Kier alpha value is -5.95. The van der Waals surface area contributed by atoms with E-state index in [4.69, 9.17) is 24.1 Å². The average molecular weight is 691 g/mol. The second-order valence-electron chi connectivity index (χ2n) is 12.0. The quantitative estimate of drug-likeness (QED) is 0.123. The van der Waals surface area contributed by atoms with E-state index < -0.39 is 18.5 Å². The van der Waals surface area contributed by atoms with Crippen LogP contribution in [-0.2, 0) is 29.3 Å². The molecule has 0 fully saturated rings. The van der Waals surface area contributed by atoms with Crippen LogP contribution in [0.15, 0.2) is 67.0 Å². The number of aliphatic hydroxyl groups excluding tert-OH is 1. The van der Waals surface area contributed by atoms with Gasteiger partial charge in [-0.05, 0) is 60.8 Å². The summed E-state index contributed by atoms with van der Waals surface area (Å²) >= 11 is 0. The van der Waals surface area contributed by atoms with Gasteiger partial charge in [0.05, 0.1) is 23.7 Å². The van der Waals surface area contributed by atoms with Gasteiger partial charge >= 0.3 is 5.97 Å². The molecule has 1 aromatic heterocycles. The van der Waals surface area contributed by atoms with Crippen LogP contribution in [0, 0.1) is 35.5 Å². The lowest BCUT2D eigenvalue weighted by atomic mass is 9.96. The van der Waals surface area contributed by atoms with E-state index in [1.165, 1.54) is 6.20 Å². The van der Waals surface area contributed by atoms with E-state index in [2.05, 4.69) is 22.4 Å². The summed E-state index contributed by atoms with van der Waals surface area (Å²) in [4.78, 5) is 27.4. The van der Waals surface area contributed by atoms with Gasteiger partial charge in [-0.2, -0.15) is 10.5 Å². The number of carboxylic acid groups (broad SMARTS) is 1. The summed E-state index contributed by atoms with van der Waals surface area (Å²) in [6, 6.07) is 21.1. The molecule has 51 heavy (non-hydrogen) atoms. The third kappa shape index (κ3) is 9.61. The summed E-state index contributed by atoms with van der Waals surface area (Å²) in [5.41, 5.74) is 5.58. The van der Waals surface area contributed by atoms with Crippen LogP contribution in [0.4, 0.5) is 0 Å². The Morgan fingerprint density at radius 2 is 1.76 bits per heavy atom. The van der Waals surface area contributed by atoms with Gasteiger partial charge in [-0.3, -0.25) is 14.6 Å². The molecule has 1 aliphatic heterocycles. The molecular formula is C39H38N4O8. The number of carbonyl (C=O) groups is 2. The highest BCUT2D eigenvalue weighted by atomic mass is 16.6. The maximum atomic E-state index is 12.2. The van der Waals surface area contributed by atoms with Crippen LogP contribution in [0.25, 0.3) is 11.1 Å². The van der Waals surface area contributed by atoms with Gasteiger partial charge in [0.1, 0.15) is 55.8 Å². The van der Waals surface area contributed by atoms with Crippen LogP contribution in [0.5, 0.6) is 23.0 Å². The Balaban J connectivity index is 1.30. The Bertz CT molecular complexity index is 1970. The van der Waals surface area contributed by atoms with Crippen molar-refractivity contribution in [3.63, 3.8) is 0 Å². The van der Waals surface area contributed by atoms with Crippen molar-refractivity contribution in [1.82, 2.24) is 10.3 Å². The molecule has 3 N–H and O–H groups in total. The Morgan fingerprint density at radius 3 is 2.53 bits per heavy atom. The summed E-state index contributed by atoms with van der Waals surface area (Å²) < 4.78 is 23.9. The molecular weight excluding hydrogens is 652 g/mol. The third-order valence-corrected chi connectivity index (χ3v) is 8.34. The fraction of sp³-hybridized carbons (Fsp3) is 0.308. The first-order chi connectivity index (χ1) is 24.8. The summed E-state index contributed by atoms with van der Waals surface area (Å²) in [6.07, 6.45) is 3.59. The van der Waals surface area contributed by atoms with Crippen LogP contribution in [0.3, 0.4) is 0 Å². The van der Waals surface area contributed by atoms with Crippen molar-refractivity contribution >= 4 is 11.8 Å². The second kappa shape index (κ2) is 17.6. The van der Waals surface area contributed by atoms with Crippen molar-refractivity contribution in [2.75, 3.05) is 26.4 Å². The van der Waals surface area contributed by atoms with E-state index in [-0.39, 0.29) is 31.8 Å². The van der Waals surface area contributed by atoms with Crippen molar-refractivity contribution in [3.8, 4) is 46.3 Å². The molecule has 0 amide bonds. The third-order valence-electron chi connectivity index (χ3n) is 8.34. The van der Waals surface area contributed by atoms with Gasteiger partial charge in [0, 0.05) is 54.5 Å². The number of nitrogens with zero attached hydrogens (tertiary/aromatic N) is 3. The fourth-order valence-corrected chi connectivity index (χ4v) is 5.65. The molecule has 12 nitrogen and oxygen atoms in total. The van der Waals surface area contributed by atoms with Gasteiger partial charge in [0.25, 0.3) is 0 Å². The number of carbonyl (C=O) groups excluding carboxylic acids is 1. The maximum Gasteiger partial charge on any atom is 0.309 e. The predicted molar refractivity (Wildman–Crippen MR) is 185 cm³/mol. The number of hydrogen-bond acceptors (Lipinski definition) is 11. The van der Waals surface area contributed by atoms with Crippen LogP contribution in [0.1, 0.15) is 52.6 Å². The smallest absolute Gasteiger partial charge is 0.309 e. The van der Waals surface area contributed by atoms with Gasteiger partial charge in [-0.15, -0.1) is 0 Å². The molecule has 0 spiro atoms. The monoisotopic (exact) mass is 690 g/mol. The second-order valence-corrected chi connectivity index (χ2v) is 12.0. The minimum absolute atomic E-state index is 0.125. The topological polar surface area (TPSA) is 184 Å². The first-order valence-corrected chi connectivity index (χ1v) is 16.5. The molecule has 0 radical (unpaired) electrons. The summed E-state index contributed by atoms with van der Waals surface area (Å²) in [5.74, 6) is -0.0860. The normalized spacial score (nSPS) is 12.3. The number of aromatic nitrogens is 1. The van der Waals surface area contributed by atoms with E-state index in [1.807, 2.05) is 49.4 Å². The van der Waals surface area contributed by atoms with Gasteiger partial charge in [0.2, 0.25) is 0 Å². The Labute approximate surface area is 295 Å². The Morgan fingerprint density at radius 1 is 0.961 bits per heavy atom. The molecule has 4 aromatic rings. The molecule has 5 rings (SSSR count). The number of fused-ring (bicyclic) bond motifs is 1. The SMILES string of the molecule is Cc1cc(CNCCCC(=O)C[C@@H](CO)C(=O)O)c(OCc2cncc(C#N)c2)cc1OCc1cccc(-c2ccc3c(c2)OCCO3)c1C#N. The van der Waals surface area contributed by atoms with Crippen LogP contribution in [0.2, 0.25) is 0 Å². The molecule has 0 saturated carbocycles. The number of benzene rings is 3. The number of nitrogens with one attached hydrogen (secondary N) is 1. The number of nitriles is 2. The van der Waals surface area contributed by atoms with Crippen molar-refractivity contribution in [2.24, 2.45) is 5.92 Å². The van der Waals surface area contributed by atoms with Crippen LogP contribution < -0.4 is 24.3 Å². The molecule has 2 heterocycles. The fourth-order valence-electron chi connectivity index (χ4n) is 5.65. The molecule has 12 heteroatoms. The van der Waals surface area contributed by atoms with Crippen LogP contribution in [-0.4, -0.2) is 53.3 Å². The predicted octanol–water partition coefficient (Wildman–Crippen LogP) is 5.25. The summed E-state index contributed by atoms with van der Waals surface area (Å²) in [5, 5.41) is 41.1. The highest BCUT2D eigenvalue weighted by molar-refractivity contribution is 5.83. The van der Waals surface area contributed by atoms with Gasteiger partial charge < -0.3 is 34.5 Å². The standard InChI is InChI=1S/C39H38N4O8/c1-25-12-30(21-42-9-3-5-32(45)14-31(22-44)39(46)47)37(50-23-27-13-26(17-40)19-43-20-27)16-36(25)51-24-29-4-2-6-33(34(29)18-41)28-7-8-35-38(15-28)49-11-10-48-35/h2,4,6-8,12-13,15-16,19-20,31,42,44H,3,5,9-11,14,21-24H2,1H3,(H,46,47)/t31-/m0/s1. The summed E-state index contributed by atoms with van der Waals surface area (Å²) in [7, 11) is 0. The van der Waals surface area contributed by atoms with Gasteiger partial charge in [0.15, 0.2) is 11.5 Å². The molecule has 0 unspecified atom stereocenters. The number of Topliss-reactive ketones (excluding diaryl/α,β-unsaturated/α-hetero) is 1. The number of aliphatic hydroxyl groups is 1. The number of aliphatic carboxylic acids is 1. The first-order valence-electron chi connectivity index (χ1n) is 16.5. The molecule has 0 aliphatic carbocycles. The highest BCUT2D eigenvalue weighted by Gasteiger charge is 2.20. The lowest BCUT2D eigenvalue weighted by Gasteiger charge is -2.19. The number of hydrogen-bond donors (Lipinski definition) is 3. The van der Waals surface area contributed by atoms with Gasteiger partial charge in [-0.1, -0.05) is 24.3 Å². The number of ether oxygens (including phenoxy) is 4. The minimum atomic E-state index is -1.19. The zero-order chi connectivity index (χ0) is 36.2. The van der Waals surface area contributed by atoms with Crippen LogP contribution >= 0.6 is 0 Å². The van der Waals surface area contributed by atoms with Crippen molar-refractivity contribution in [1.29, 1.82) is 10.5 Å². The maximum absolute atomic E-state index is 12.2. The molecule has 1 atom stereocenters. The molecule has 0 bridgehead atoms. The molecule has 3 aromatic carbocycles. The molecule has 262 valence electrons. The minimum Gasteiger partial charge on any atom is -0.488 e. The lowest BCUT2D eigenvalue weighted by molar-refractivity contribution is -0.145. The van der Waals surface area contributed by atoms with Crippen molar-refractivity contribution in [2.45, 2.75) is 45.9 Å². The molecule has 0 saturated heterocycles. The van der Waals surface area contributed by atoms with E-state index in [0.29, 0.717) is 78.0 Å². The Kier molecular flexibility index (Phi) is 12.6. The van der Waals surface area contributed by atoms with Gasteiger partial charge in [-0.25, -0.2) is 0 Å². The first kappa shape index (κ1) is 36.3. The number of pyridine rings is 1. The zero-order valence-electron chi connectivity index (χ0n) is 28.2. The van der Waals surface area contributed by atoms with E-state index >= 15 is 0 Å². The molecule has 1 aliphatic rings. The number of rotatable bonds is 17. The number of carboxylic acids is 1. The zero-order valence-corrected chi connectivity index (χ0v) is 28.2. The van der Waals surface area contributed by atoms with E-state index in [9.17, 15) is 25.2 Å². The van der Waals surface area contributed by atoms with Crippen molar-refractivity contribution in [3.05, 3.63) is 100 Å². The summed E-state index contributed by atoms with van der Waals surface area (Å²) in [6.45, 7) is 3.46. The van der Waals surface area contributed by atoms with E-state index in [0.717, 1.165) is 22.3 Å². The largest absolute Gasteiger partial charge is 0.488 e. The average Bonchev–Trinajstić information content (AvgIpc) is 3.15. The van der Waals surface area contributed by atoms with Crippen molar-refractivity contribution < 1.29 is 38.7 Å². The number of ketones is 1.